The van der Waals surface area contributed by atoms with Crippen LogP contribution in [0.3, 0.4) is 0 Å². The molecule has 1 N–H and O–H groups in total. The minimum absolute atomic E-state index is 0.122. The number of nitrogens with zero attached hydrogens (tertiary/aromatic N) is 3. The molecule has 2 aromatic carbocycles. The first-order valence-corrected chi connectivity index (χ1v) is 8.92. The van der Waals surface area contributed by atoms with Gasteiger partial charge in [-0.3, -0.25) is 10.1 Å². The quantitative estimate of drug-likeness (QED) is 0.752. The van der Waals surface area contributed by atoms with Crippen LogP contribution in [0.25, 0.3) is 11.1 Å². The Labute approximate surface area is 161 Å². The zero-order valence-corrected chi connectivity index (χ0v) is 15.5. The van der Waals surface area contributed by atoms with Crippen molar-refractivity contribution in [2.75, 3.05) is 13.6 Å². The van der Waals surface area contributed by atoms with Gasteiger partial charge in [-0.1, -0.05) is 54.5 Å². The smallest absolute Gasteiger partial charge is 0.253 e. The molecule has 0 saturated carbocycles. The summed E-state index contributed by atoms with van der Waals surface area (Å²) < 4.78 is 19.9. The minimum Gasteiger partial charge on any atom is -0.336 e. The van der Waals surface area contributed by atoms with Gasteiger partial charge in [0.15, 0.2) is 0 Å². The lowest BCUT2D eigenvalue weighted by Gasteiger charge is -2.11. The Morgan fingerprint density at radius 3 is 2.68 bits per heavy atom. The number of halogens is 1. The standard InChI is InChI=1S/C21H19FN4O2/c1-13(15-8-9-16(17(22)10-15)14-6-4-3-5-7-14)18-11-20(28-25-18)24-21-23-19(27)12-26(21)2/h3-11,13H,12H2,1-2H3,(H,23,24,27). The Balaban J connectivity index is 1.56. The molecule has 4 rings (SSSR count). The van der Waals surface area contributed by atoms with Crippen molar-refractivity contribution < 1.29 is 13.7 Å². The lowest BCUT2D eigenvalue weighted by molar-refractivity contribution is -0.118. The van der Waals surface area contributed by atoms with Gasteiger partial charge in [0.05, 0.1) is 12.2 Å². The first-order valence-electron chi connectivity index (χ1n) is 8.92. The zero-order chi connectivity index (χ0) is 19.7. The van der Waals surface area contributed by atoms with Gasteiger partial charge in [0, 0.05) is 24.6 Å². The largest absolute Gasteiger partial charge is 0.336 e. The monoisotopic (exact) mass is 378 g/mol. The van der Waals surface area contributed by atoms with Crippen LogP contribution in [0.5, 0.6) is 0 Å². The van der Waals surface area contributed by atoms with Gasteiger partial charge in [-0.05, 0) is 17.2 Å². The highest BCUT2D eigenvalue weighted by Gasteiger charge is 2.22. The Hall–Kier alpha value is -3.48. The van der Waals surface area contributed by atoms with Gasteiger partial charge in [0.25, 0.3) is 5.88 Å². The van der Waals surface area contributed by atoms with Crippen molar-refractivity contribution in [2.45, 2.75) is 12.8 Å². The van der Waals surface area contributed by atoms with Crippen molar-refractivity contribution in [1.82, 2.24) is 15.4 Å². The molecule has 1 aromatic heterocycles. The van der Waals surface area contributed by atoms with Crippen LogP contribution in [0.1, 0.15) is 24.1 Å². The topological polar surface area (TPSA) is 70.7 Å². The summed E-state index contributed by atoms with van der Waals surface area (Å²) >= 11 is 0. The summed E-state index contributed by atoms with van der Waals surface area (Å²) in [6, 6.07) is 16.3. The SMILES string of the molecule is CC(c1ccc(-c2ccccc2)c(F)c1)c1cc(/N=C2\NC(=O)CN2C)on1. The van der Waals surface area contributed by atoms with Crippen LogP contribution in [0, 0.1) is 5.82 Å². The molecule has 28 heavy (non-hydrogen) atoms. The van der Waals surface area contributed by atoms with E-state index < -0.39 is 0 Å². The van der Waals surface area contributed by atoms with Crippen LogP contribution in [-0.2, 0) is 4.79 Å². The van der Waals surface area contributed by atoms with E-state index in [-0.39, 0.29) is 30.1 Å². The first kappa shape index (κ1) is 17.9. The molecule has 1 aliphatic heterocycles. The average molecular weight is 378 g/mol. The summed E-state index contributed by atoms with van der Waals surface area (Å²) in [5, 5.41) is 6.70. The molecular formula is C21H19FN4O2. The zero-order valence-electron chi connectivity index (χ0n) is 15.5. The van der Waals surface area contributed by atoms with Crippen LogP contribution in [0.15, 0.2) is 64.1 Å². The molecule has 3 aromatic rings. The second-order valence-corrected chi connectivity index (χ2v) is 6.76. The number of carbonyl (C=O) groups is 1. The van der Waals surface area contributed by atoms with E-state index in [1.54, 1.807) is 24.1 Å². The molecule has 6 nitrogen and oxygen atoms in total. The Morgan fingerprint density at radius 1 is 1.21 bits per heavy atom. The maximum Gasteiger partial charge on any atom is 0.253 e. The van der Waals surface area contributed by atoms with Crippen LogP contribution < -0.4 is 5.32 Å². The number of aromatic nitrogens is 1. The number of likely N-dealkylation sites (N-methyl/N-ethyl adjacent to an activating group) is 1. The van der Waals surface area contributed by atoms with E-state index in [0.717, 1.165) is 11.1 Å². The normalized spacial score (nSPS) is 16.5. The molecule has 142 valence electrons. The van der Waals surface area contributed by atoms with Gasteiger partial charge in [-0.15, -0.1) is 0 Å². The van der Waals surface area contributed by atoms with Crippen molar-refractivity contribution >= 4 is 17.8 Å². The van der Waals surface area contributed by atoms with E-state index in [4.69, 9.17) is 4.52 Å². The van der Waals surface area contributed by atoms with E-state index in [9.17, 15) is 9.18 Å². The third kappa shape index (κ3) is 3.51. The van der Waals surface area contributed by atoms with E-state index in [2.05, 4.69) is 15.5 Å². The summed E-state index contributed by atoms with van der Waals surface area (Å²) in [7, 11) is 1.76. The second-order valence-electron chi connectivity index (χ2n) is 6.76. The number of hydrogen-bond donors (Lipinski definition) is 1. The summed E-state index contributed by atoms with van der Waals surface area (Å²) in [4.78, 5) is 17.4. The Bertz CT molecular complexity index is 1050. The summed E-state index contributed by atoms with van der Waals surface area (Å²) in [6.45, 7) is 2.18. The Morgan fingerprint density at radius 2 is 2.00 bits per heavy atom. The predicted octanol–water partition coefficient (Wildman–Crippen LogP) is 3.68. The fourth-order valence-electron chi connectivity index (χ4n) is 3.13. The third-order valence-electron chi connectivity index (χ3n) is 4.75. The molecule has 2 heterocycles. The number of carbonyl (C=O) groups excluding carboxylic acids is 1. The lowest BCUT2D eigenvalue weighted by Crippen LogP contribution is -2.26. The van der Waals surface area contributed by atoms with Gasteiger partial charge in [0.1, 0.15) is 5.82 Å². The van der Waals surface area contributed by atoms with Gasteiger partial charge in [0.2, 0.25) is 11.9 Å². The molecule has 1 fully saturated rings. The molecule has 7 heteroatoms. The van der Waals surface area contributed by atoms with Gasteiger partial charge < -0.3 is 9.42 Å². The molecule has 0 aliphatic carbocycles. The fraction of sp³-hybridized carbons (Fsp3) is 0.190. The van der Waals surface area contributed by atoms with Crippen molar-refractivity contribution in [3.63, 3.8) is 0 Å². The van der Waals surface area contributed by atoms with Crippen molar-refractivity contribution in [2.24, 2.45) is 4.99 Å². The number of guanidine groups is 1. The second kappa shape index (κ2) is 7.26. The molecule has 1 aliphatic rings. The highest BCUT2D eigenvalue weighted by molar-refractivity contribution is 6.04. The van der Waals surface area contributed by atoms with E-state index in [1.165, 1.54) is 6.07 Å². The molecule has 0 spiro atoms. The maximum absolute atomic E-state index is 14.7. The number of hydrogen-bond acceptors (Lipinski definition) is 4. The summed E-state index contributed by atoms with van der Waals surface area (Å²) in [5.74, 6) is 0.122. The molecule has 0 radical (unpaired) electrons. The van der Waals surface area contributed by atoms with Crippen LogP contribution in [0.2, 0.25) is 0 Å². The Kier molecular flexibility index (Phi) is 4.65. The van der Waals surface area contributed by atoms with Gasteiger partial charge in [-0.25, -0.2) is 4.39 Å². The number of nitrogens with one attached hydrogen (secondary N) is 1. The molecule has 0 bridgehead atoms. The van der Waals surface area contributed by atoms with Crippen molar-refractivity contribution in [3.8, 4) is 11.1 Å². The van der Waals surface area contributed by atoms with Gasteiger partial charge >= 0.3 is 0 Å². The first-order chi connectivity index (χ1) is 13.5. The highest BCUT2D eigenvalue weighted by atomic mass is 19.1. The summed E-state index contributed by atoms with van der Waals surface area (Å²) in [5.41, 5.74) is 2.82. The van der Waals surface area contributed by atoms with Crippen LogP contribution in [-0.4, -0.2) is 35.5 Å². The summed E-state index contributed by atoms with van der Waals surface area (Å²) in [6.07, 6.45) is 0. The molecule has 1 saturated heterocycles. The number of aliphatic imine (C=N–C) groups is 1. The van der Waals surface area contributed by atoms with Crippen LogP contribution >= 0.6 is 0 Å². The highest BCUT2D eigenvalue weighted by Crippen LogP contribution is 2.30. The number of benzene rings is 2. The molecule has 1 unspecified atom stereocenters. The maximum atomic E-state index is 14.7. The predicted molar refractivity (Wildman–Crippen MR) is 104 cm³/mol. The van der Waals surface area contributed by atoms with E-state index >= 15 is 0 Å². The molecule has 1 amide bonds. The molecule has 1 atom stereocenters. The number of amides is 1. The number of rotatable bonds is 4. The molecular weight excluding hydrogens is 359 g/mol. The van der Waals surface area contributed by atoms with E-state index in [0.29, 0.717) is 17.2 Å². The minimum atomic E-state index is -0.283. The fourth-order valence-corrected chi connectivity index (χ4v) is 3.13. The van der Waals surface area contributed by atoms with Gasteiger partial charge in [-0.2, -0.15) is 4.99 Å². The van der Waals surface area contributed by atoms with Crippen molar-refractivity contribution in [3.05, 3.63) is 71.7 Å². The van der Waals surface area contributed by atoms with E-state index in [1.807, 2.05) is 43.3 Å². The third-order valence-corrected chi connectivity index (χ3v) is 4.75. The average Bonchev–Trinajstić information content (AvgIpc) is 3.28. The lowest BCUT2D eigenvalue weighted by atomic mass is 9.95. The van der Waals surface area contributed by atoms with Crippen LogP contribution in [0.4, 0.5) is 10.3 Å². The van der Waals surface area contributed by atoms with Crippen molar-refractivity contribution in [1.29, 1.82) is 0 Å².